The maximum absolute atomic E-state index is 12.8. The Hall–Kier alpha value is -2.40. The highest BCUT2D eigenvalue weighted by atomic mass is 79.9. The topological polar surface area (TPSA) is 57.6 Å². The summed E-state index contributed by atoms with van der Waals surface area (Å²) in [6.07, 6.45) is 2.63. The minimum absolute atomic E-state index is 0.130. The van der Waals surface area contributed by atoms with E-state index in [1.54, 1.807) is 29.2 Å². The number of carbonyl (C=O) groups is 2. The molecule has 1 saturated heterocycles. The average molecular weight is 442 g/mol. The number of amides is 1. The van der Waals surface area contributed by atoms with Crippen LogP contribution in [0.2, 0.25) is 0 Å². The molecule has 1 atom stereocenters. The first-order valence-corrected chi connectivity index (χ1v) is 10.4. The fourth-order valence-electron chi connectivity index (χ4n) is 3.48. The Bertz CT molecular complexity index is 900. The van der Waals surface area contributed by atoms with E-state index in [0.717, 1.165) is 29.3 Å². The van der Waals surface area contributed by atoms with Crippen LogP contribution in [0.15, 0.2) is 58.6 Å². The van der Waals surface area contributed by atoms with E-state index in [1.165, 1.54) is 5.56 Å². The molecule has 5 heteroatoms. The molecule has 1 amide bonds. The van der Waals surface area contributed by atoms with Crippen molar-refractivity contribution in [3.63, 3.8) is 0 Å². The lowest BCUT2D eigenvalue weighted by Gasteiger charge is -2.25. The van der Waals surface area contributed by atoms with Crippen LogP contribution in [0.4, 0.5) is 0 Å². The van der Waals surface area contributed by atoms with Gasteiger partial charge in [0.1, 0.15) is 5.76 Å². The number of benzene rings is 2. The minimum atomic E-state index is -0.624. The largest absolute Gasteiger partial charge is 0.507 e. The highest BCUT2D eigenvalue weighted by molar-refractivity contribution is 9.10. The molecule has 28 heavy (non-hydrogen) atoms. The predicted molar refractivity (Wildman–Crippen MR) is 114 cm³/mol. The number of hydrogen-bond acceptors (Lipinski definition) is 3. The van der Waals surface area contributed by atoms with Crippen LogP contribution < -0.4 is 0 Å². The van der Waals surface area contributed by atoms with Crippen LogP contribution in [0.1, 0.15) is 49.4 Å². The number of ketones is 1. The van der Waals surface area contributed by atoms with Crippen LogP contribution in [0, 0.1) is 0 Å². The maximum atomic E-state index is 12.8. The summed E-state index contributed by atoms with van der Waals surface area (Å²) in [6, 6.07) is 14.4. The summed E-state index contributed by atoms with van der Waals surface area (Å²) in [7, 11) is 0. The lowest BCUT2D eigenvalue weighted by molar-refractivity contribution is -0.139. The first-order chi connectivity index (χ1) is 13.5. The van der Waals surface area contributed by atoms with Crippen molar-refractivity contribution in [3.8, 4) is 0 Å². The second-order valence-corrected chi connectivity index (χ2v) is 7.86. The summed E-state index contributed by atoms with van der Waals surface area (Å²) >= 11 is 3.37. The Balaban J connectivity index is 2.13. The van der Waals surface area contributed by atoms with Crippen molar-refractivity contribution >= 4 is 33.4 Å². The van der Waals surface area contributed by atoms with Crippen LogP contribution in [-0.2, 0) is 16.0 Å². The van der Waals surface area contributed by atoms with E-state index in [-0.39, 0.29) is 11.3 Å². The Morgan fingerprint density at radius 3 is 2.25 bits per heavy atom. The number of rotatable bonds is 6. The molecule has 1 fully saturated rings. The van der Waals surface area contributed by atoms with Crippen molar-refractivity contribution in [2.75, 3.05) is 6.54 Å². The molecule has 4 nitrogen and oxygen atoms in total. The SMILES string of the molecule is CCCCN1C(=O)C(=O)/C(=C(\O)c2ccc(Br)cc2)C1c1ccc(CC)cc1. The van der Waals surface area contributed by atoms with Crippen molar-refractivity contribution in [2.24, 2.45) is 0 Å². The van der Waals surface area contributed by atoms with E-state index in [4.69, 9.17) is 0 Å². The first kappa shape index (κ1) is 20.3. The molecule has 0 aromatic heterocycles. The van der Waals surface area contributed by atoms with Crippen molar-refractivity contribution in [1.82, 2.24) is 4.90 Å². The number of nitrogens with zero attached hydrogens (tertiary/aromatic N) is 1. The summed E-state index contributed by atoms with van der Waals surface area (Å²) in [5, 5.41) is 10.9. The zero-order chi connectivity index (χ0) is 20.3. The number of aryl methyl sites for hydroxylation is 1. The molecule has 0 aliphatic carbocycles. The number of aliphatic hydroxyl groups excluding tert-OH is 1. The van der Waals surface area contributed by atoms with E-state index in [0.29, 0.717) is 12.1 Å². The highest BCUT2D eigenvalue weighted by Gasteiger charge is 2.45. The van der Waals surface area contributed by atoms with Gasteiger partial charge in [-0.25, -0.2) is 0 Å². The Labute approximate surface area is 174 Å². The number of carbonyl (C=O) groups excluding carboxylic acids is 2. The minimum Gasteiger partial charge on any atom is -0.507 e. The predicted octanol–water partition coefficient (Wildman–Crippen LogP) is 5.23. The molecular weight excluding hydrogens is 418 g/mol. The Kier molecular flexibility index (Phi) is 6.35. The molecule has 1 N–H and O–H groups in total. The Morgan fingerprint density at radius 1 is 1.04 bits per heavy atom. The molecule has 0 spiro atoms. The van der Waals surface area contributed by atoms with Crippen molar-refractivity contribution in [2.45, 2.75) is 39.2 Å². The van der Waals surface area contributed by atoms with Crippen molar-refractivity contribution < 1.29 is 14.7 Å². The van der Waals surface area contributed by atoms with Gasteiger partial charge in [-0.05, 0) is 36.1 Å². The number of Topliss-reactive ketones (excluding diaryl/α,β-unsaturated/α-hetero) is 1. The van der Waals surface area contributed by atoms with Gasteiger partial charge in [-0.3, -0.25) is 9.59 Å². The third-order valence-corrected chi connectivity index (χ3v) is 5.64. The third-order valence-electron chi connectivity index (χ3n) is 5.11. The molecule has 146 valence electrons. The molecule has 0 bridgehead atoms. The summed E-state index contributed by atoms with van der Waals surface area (Å²) < 4.78 is 0.874. The standard InChI is InChI=1S/C23H24BrNO3/c1-3-5-14-25-20(16-8-6-15(4-2)7-9-16)19(22(27)23(25)28)21(26)17-10-12-18(24)13-11-17/h6-13,20,26H,3-5,14H2,1-2H3/b21-19-. The normalized spacial score (nSPS) is 18.7. The number of likely N-dealkylation sites (tertiary alicyclic amines) is 1. The summed E-state index contributed by atoms with van der Waals surface area (Å²) in [4.78, 5) is 27.2. The van der Waals surface area contributed by atoms with Gasteiger partial charge in [0, 0.05) is 16.6 Å². The third kappa shape index (κ3) is 3.90. The van der Waals surface area contributed by atoms with Crippen LogP contribution in [-0.4, -0.2) is 28.2 Å². The second kappa shape index (κ2) is 8.74. The summed E-state index contributed by atoms with van der Waals surface area (Å²) in [5.74, 6) is -1.30. The van der Waals surface area contributed by atoms with Crippen LogP contribution in [0.25, 0.3) is 5.76 Å². The lowest BCUT2D eigenvalue weighted by Crippen LogP contribution is -2.30. The van der Waals surface area contributed by atoms with Gasteiger partial charge in [-0.2, -0.15) is 0 Å². The van der Waals surface area contributed by atoms with Crippen molar-refractivity contribution in [3.05, 3.63) is 75.3 Å². The summed E-state index contributed by atoms with van der Waals surface area (Å²) in [5.41, 5.74) is 2.70. The molecule has 0 radical (unpaired) electrons. The second-order valence-electron chi connectivity index (χ2n) is 6.95. The molecule has 1 aliphatic rings. The molecule has 1 unspecified atom stereocenters. The quantitative estimate of drug-likeness (QED) is 0.379. The van der Waals surface area contributed by atoms with E-state index < -0.39 is 17.7 Å². The highest BCUT2D eigenvalue weighted by Crippen LogP contribution is 2.39. The smallest absolute Gasteiger partial charge is 0.295 e. The number of unbranched alkanes of at least 4 members (excludes halogenated alkanes) is 1. The number of halogens is 1. The van der Waals surface area contributed by atoms with Crippen molar-refractivity contribution in [1.29, 1.82) is 0 Å². The van der Waals surface area contributed by atoms with E-state index >= 15 is 0 Å². The van der Waals surface area contributed by atoms with Gasteiger partial charge >= 0.3 is 0 Å². The zero-order valence-corrected chi connectivity index (χ0v) is 17.7. The van der Waals surface area contributed by atoms with Gasteiger partial charge in [0.2, 0.25) is 0 Å². The average Bonchev–Trinajstić information content (AvgIpc) is 2.97. The van der Waals surface area contributed by atoms with Gasteiger partial charge in [0.25, 0.3) is 11.7 Å². The van der Waals surface area contributed by atoms with E-state index in [2.05, 4.69) is 22.9 Å². The van der Waals surface area contributed by atoms with Crippen LogP contribution in [0.3, 0.4) is 0 Å². The summed E-state index contributed by atoms with van der Waals surface area (Å²) in [6.45, 7) is 4.61. The molecule has 2 aromatic carbocycles. The molecule has 1 aliphatic heterocycles. The van der Waals surface area contributed by atoms with Gasteiger partial charge in [-0.15, -0.1) is 0 Å². The molecule has 2 aromatic rings. The monoisotopic (exact) mass is 441 g/mol. The molecule has 1 heterocycles. The first-order valence-electron chi connectivity index (χ1n) is 9.61. The van der Waals surface area contributed by atoms with Crippen LogP contribution in [0.5, 0.6) is 0 Å². The molecule has 3 rings (SSSR count). The molecular formula is C23H24BrNO3. The molecule has 0 saturated carbocycles. The number of aliphatic hydroxyl groups is 1. The van der Waals surface area contributed by atoms with E-state index in [9.17, 15) is 14.7 Å². The van der Waals surface area contributed by atoms with Gasteiger partial charge < -0.3 is 10.0 Å². The van der Waals surface area contributed by atoms with Gasteiger partial charge in [0.05, 0.1) is 11.6 Å². The number of hydrogen-bond donors (Lipinski definition) is 1. The lowest BCUT2D eigenvalue weighted by atomic mass is 9.94. The van der Waals surface area contributed by atoms with Gasteiger partial charge in [-0.1, -0.05) is 72.6 Å². The Morgan fingerprint density at radius 2 is 1.68 bits per heavy atom. The fourth-order valence-corrected chi connectivity index (χ4v) is 3.75. The fraction of sp³-hybridized carbons (Fsp3) is 0.304. The van der Waals surface area contributed by atoms with Gasteiger partial charge in [0.15, 0.2) is 0 Å². The zero-order valence-electron chi connectivity index (χ0n) is 16.1. The van der Waals surface area contributed by atoms with Crippen LogP contribution >= 0.6 is 15.9 Å². The maximum Gasteiger partial charge on any atom is 0.295 e. The van der Waals surface area contributed by atoms with E-state index in [1.807, 2.05) is 31.2 Å².